The second kappa shape index (κ2) is 8.83. The highest BCUT2D eigenvalue weighted by atomic mass is 16.5. The summed E-state index contributed by atoms with van der Waals surface area (Å²) in [5.41, 5.74) is 2.78. The summed E-state index contributed by atoms with van der Waals surface area (Å²) < 4.78 is 5.62. The minimum Gasteiger partial charge on any atom is -0.493 e. The number of carbonyl (C=O) groups is 1. The van der Waals surface area contributed by atoms with Crippen LogP contribution in [-0.4, -0.2) is 50.8 Å². The van der Waals surface area contributed by atoms with Crippen LogP contribution in [0.25, 0.3) is 0 Å². The zero-order valence-corrected chi connectivity index (χ0v) is 17.6. The molecule has 5 heteroatoms. The van der Waals surface area contributed by atoms with Crippen LogP contribution in [0.4, 0.5) is 0 Å². The molecule has 0 bridgehead atoms. The molecule has 1 aromatic carbocycles. The molecule has 1 saturated carbocycles. The lowest BCUT2D eigenvalue weighted by Gasteiger charge is -2.35. The molecule has 1 saturated heterocycles. The van der Waals surface area contributed by atoms with Crippen LogP contribution in [-0.2, 0) is 17.8 Å². The Balaban J connectivity index is 1.24. The minimum atomic E-state index is 0.0628. The fourth-order valence-corrected chi connectivity index (χ4v) is 5.20. The van der Waals surface area contributed by atoms with Crippen LogP contribution in [0.15, 0.2) is 18.2 Å². The topological polar surface area (TPSA) is 47.2 Å². The van der Waals surface area contributed by atoms with Gasteiger partial charge in [0.05, 0.1) is 6.61 Å². The number of fused-ring (bicyclic) bond motifs is 1. The van der Waals surface area contributed by atoms with Gasteiger partial charge in [0.2, 0.25) is 0 Å². The second-order valence-corrected chi connectivity index (χ2v) is 9.22. The smallest absolute Gasteiger partial charge is 0.278 e. The van der Waals surface area contributed by atoms with Gasteiger partial charge in [0.15, 0.2) is 6.04 Å². The summed E-state index contributed by atoms with van der Waals surface area (Å²) in [6.45, 7) is 10.8. The SMILES string of the molecule is C[C@H](C(=O)N[C@@H]1CCCC[C@@H]1C)[NH+]1CC[NH+](Cc2ccc3c(c2)CCO3)CC1. The van der Waals surface area contributed by atoms with Crippen LogP contribution in [0.5, 0.6) is 5.75 Å². The second-order valence-electron chi connectivity index (χ2n) is 9.22. The predicted molar refractivity (Wildman–Crippen MR) is 110 cm³/mol. The minimum absolute atomic E-state index is 0.0628. The molecule has 0 aromatic heterocycles. The van der Waals surface area contributed by atoms with Gasteiger partial charge in [0, 0.05) is 18.0 Å². The summed E-state index contributed by atoms with van der Waals surface area (Å²) >= 11 is 0. The number of hydrogen-bond donors (Lipinski definition) is 3. The van der Waals surface area contributed by atoms with Crippen LogP contribution >= 0.6 is 0 Å². The monoisotopic (exact) mass is 387 g/mol. The zero-order chi connectivity index (χ0) is 19.5. The maximum Gasteiger partial charge on any atom is 0.278 e. The van der Waals surface area contributed by atoms with E-state index in [1.54, 1.807) is 4.90 Å². The molecular formula is C23H37N3O2+2. The molecular weight excluding hydrogens is 350 g/mol. The molecule has 1 aliphatic carbocycles. The number of hydrogen-bond acceptors (Lipinski definition) is 2. The molecule has 2 fully saturated rings. The summed E-state index contributed by atoms with van der Waals surface area (Å²) in [7, 11) is 0. The van der Waals surface area contributed by atoms with Crippen LogP contribution in [0.1, 0.15) is 50.7 Å². The van der Waals surface area contributed by atoms with E-state index < -0.39 is 0 Å². The number of quaternary nitrogens is 2. The normalized spacial score (nSPS) is 30.9. The van der Waals surface area contributed by atoms with Crippen molar-refractivity contribution in [3.05, 3.63) is 29.3 Å². The Hall–Kier alpha value is -1.59. The molecule has 28 heavy (non-hydrogen) atoms. The Morgan fingerprint density at radius 3 is 2.79 bits per heavy atom. The van der Waals surface area contributed by atoms with Gasteiger partial charge < -0.3 is 19.9 Å². The van der Waals surface area contributed by atoms with Crippen molar-refractivity contribution in [3.8, 4) is 5.75 Å². The van der Waals surface area contributed by atoms with Gasteiger partial charge >= 0.3 is 0 Å². The summed E-state index contributed by atoms with van der Waals surface area (Å²) in [6, 6.07) is 7.14. The molecule has 0 radical (unpaired) electrons. The Bertz CT molecular complexity index is 684. The quantitative estimate of drug-likeness (QED) is 0.666. The first kappa shape index (κ1) is 19.7. The van der Waals surface area contributed by atoms with Gasteiger partial charge in [-0.2, -0.15) is 0 Å². The van der Waals surface area contributed by atoms with Gasteiger partial charge in [-0.3, -0.25) is 4.79 Å². The van der Waals surface area contributed by atoms with E-state index in [0.717, 1.165) is 57.9 Å². The van der Waals surface area contributed by atoms with Crippen molar-refractivity contribution >= 4 is 5.91 Å². The largest absolute Gasteiger partial charge is 0.493 e. The van der Waals surface area contributed by atoms with Crippen molar-refractivity contribution in [1.82, 2.24) is 5.32 Å². The number of benzene rings is 1. The third kappa shape index (κ3) is 4.52. The highest BCUT2D eigenvalue weighted by Crippen LogP contribution is 2.25. The van der Waals surface area contributed by atoms with E-state index in [0.29, 0.717) is 12.0 Å². The first-order valence-corrected chi connectivity index (χ1v) is 11.3. The Labute approximate surface area is 169 Å². The van der Waals surface area contributed by atoms with E-state index >= 15 is 0 Å². The standard InChI is InChI=1S/C23H35N3O2/c1-17-5-3-4-6-21(17)24-23(27)18(2)26-12-10-25(11-13-26)16-19-7-8-22-20(15-19)9-14-28-22/h7-8,15,17-18,21H,3-6,9-14,16H2,1-2H3,(H,24,27)/p+2/t17-,18+,21+/m0/s1. The van der Waals surface area contributed by atoms with Crippen molar-refractivity contribution in [3.63, 3.8) is 0 Å². The number of carbonyl (C=O) groups excluding carboxylic acids is 1. The average Bonchev–Trinajstić information content (AvgIpc) is 3.17. The maximum absolute atomic E-state index is 12.8. The number of rotatable bonds is 5. The van der Waals surface area contributed by atoms with Gasteiger partial charge in [-0.05, 0) is 49.4 Å². The van der Waals surface area contributed by atoms with Crippen molar-refractivity contribution < 1.29 is 19.3 Å². The van der Waals surface area contributed by atoms with Gasteiger partial charge in [-0.25, -0.2) is 0 Å². The van der Waals surface area contributed by atoms with Crippen LogP contribution in [0, 0.1) is 5.92 Å². The van der Waals surface area contributed by atoms with E-state index in [1.165, 1.54) is 35.3 Å². The van der Waals surface area contributed by atoms with Crippen LogP contribution < -0.4 is 19.9 Å². The molecule has 3 aliphatic rings. The molecule has 2 aliphatic heterocycles. The van der Waals surface area contributed by atoms with E-state index in [2.05, 4.69) is 37.4 Å². The molecule has 5 nitrogen and oxygen atoms in total. The van der Waals surface area contributed by atoms with Gasteiger partial charge in [-0.15, -0.1) is 0 Å². The molecule has 3 N–H and O–H groups in total. The number of amides is 1. The fraction of sp³-hybridized carbons (Fsp3) is 0.696. The fourth-order valence-electron chi connectivity index (χ4n) is 5.20. The summed E-state index contributed by atoms with van der Waals surface area (Å²) in [4.78, 5) is 15.9. The molecule has 4 rings (SSSR count). The first-order chi connectivity index (χ1) is 13.6. The first-order valence-electron chi connectivity index (χ1n) is 11.3. The van der Waals surface area contributed by atoms with E-state index in [-0.39, 0.29) is 11.9 Å². The zero-order valence-electron chi connectivity index (χ0n) is 17.6. The summed E-state index contributed by atoms with van der Waals surface area (Å²) in [6.07, 6.45) is 6.02. The average molecular weight is 388 g/mol. The van der Waals surface area contributed by atoms with Crippen molar-refractivity contribution in [2.24, 2.45) is 5.92 Å². The molecule has 154 valence electrons. The molecule has 3 atom stereocenters. The van der Waals surface area contributed by atoms with Crippen molar-refractivity contribution in [2.45, 2.75) is 64.6 Å². The van der Waals surface area contributed by atoms with Crippen LogP contribution in [0.2, 0.25) is 0 Å². The van der Waals surface area contributed by atoms with E-state index in [1.807, 2.05) is 0 Å². The van der Waals surface area contributed by atoms with Gasteiger partial charge in [0.1, 0.15) is 38.5 Å². The number of ether oxygens (including phenoxy) is 1. The van der Waals surface area contributed by atoms with Crippen molar-refractivity contribution in [1.29, 1.82) is 0 Å². The molecule has 0 spiro atoms. The maximum atomic E-state index is 12.8. The summed E-state index contributed by atoms with van der Waals surface area (Å²) in [5.74, 6) is 1.95. The van der Waals surface area contributed by atoms with Crippen LogP contribution in [0.3, 0.4) is 0 Å². The van der Waals surface area contributed by atoms with E-state index in [4.69, 9.17) is 4.74 Å². The molecule has 2 heterocycles. The van der Waals surface area contributed by atoms with Crippen molar-refractivity contribution in [2.75, 3.05) is 32.8 Å². The predicted octanol–water partition coefficient (Wildman–Crippen LogP) is -0.0117. The molecule has 1 amide bonds. The Kier molecular flexibility index (Phi) is 6.22. The van der Waals surface area contributed by atoms with E-state index in [9.17, 15) is 4.79 Å². The molecule has 0 unspecified atom stereocenters. The lowest BCUT2D eigenvalue weighted by Crippen LogP contribution is -3.29. The van der Waals surface area contributed by atoms with Gasteiger partial charge in [-0.1, -0.05) is 19.8 Å². The third-order valence-electron chi connectivity index (χ3n) is 7.25. The highest BCUT2D eigenvalue weighted by Gasteiger charge is 2.33. The lowest BCUT2D eigenvalue weighted by atomic mass is 9.86. The number of piperazine rings is 1. The highest BCUT2D eigenvalue weighted by molar-refractivity contribution is 5.80. The Morgan fingerprint density at radius 1 is 1.21 bits per heavy atom. The Morgan fingerprint density at radius 2 is 2.00 bits per heavy atom. The number of nitrogens with one attached hydrogen (secondary N) is 3. The van der Waals surface area contributed by atoms with Gasteiger partial charge in [0.25, 0.3) is 5.91 Å². The molecule has 1 aromatic rings. The summed E-state index contributed by atoms with van der Waals surface area (Å²) in [5, 5.41) is 3.36. The lowest BCUT2D eigenvalue weighted by molar-refractivity contribution is -1.02. The third-order valence-corrected chi connectivity index (χ3v) is 7.25.